The van der Waals surface area contributed by atoms with E-state index in [2.05, 4.69) is 13.8 Å². The van der Waals surface area contributed by atoms with Gasteiger partial charge in [-0.15, -0.1) is 0 Å². The number of hydrogen-bond acceptors (Lipinski definition) is 1. The van der Waals surface area contributed by atoms with E-state index in [0.717, 1.165) is 25.7 Å². The van der Waals surface area contributed by atoms with Crippen molar-refractivity contribution in [1.29, 1.82) is 0 Å². The molecule has 0 radical (unpaired) electrons. The Morgan fingerprint density at radius 3 is 2.33 bits per heavy atom. The first-order valence-electron chi connectivity index (χ1n) is 4.42. The summed E-state index contributed by atoms with van der Waals surface area (Å²) in [7, 11) is 0. The van der Waals surface area contributed by atoms with Crippen molar-refractivity contribution in [1.82, 2.24) is 0 Å². The summed E-state index contributed by atoms with van der Waals surface area (Å²) >= 11 is 0. The fourth-order valence-corrected chi connectivity index (χ4v) is 1.19. The summed E-state index contributed by atoms with van der Waals surface area (Å²) < 4.78 is 0. The van der Waals surface area contributed by atoms with E-state index in [9.17, 15) is 4.79 Å². The van der Waals surface area contributed by atoms with Gasteiger partial charge >= 0.3 is 31.8 Å². The van der Waals surface area contributed by atoms with Gasteiger partial charge in [0, 0.05) is 6.42 Å². The molecule has 2 nitrogen and oxygen atoms in total. The van der Waals surface area contributed by atoms with Crippen LogP contribution in [0.25, 0.3) is 0 Å². The van der Waals surface area contributed by atoms with Gasteiger partial charge in [0.2, 0.25) is 0 Å². The third kappa shape index (κ3) is 8.44. The van der Waals surface area contributed by atoms with Gasteiger partial charge in [-0.05, 0) is 12.3 Å². The summed E-state index contributed by atoms with van der Waals surface area (Å²) in [6.45, 7) is 4.19. The third-order valence-corrected chi connectivity index (χ3v) is 2.01. The number of carbonyl (C=O) groups is 1. The van der Waals surface area contributed by atoms with Gasteiger partial charge < -0.3 is 5.11 Å². The Morgan fingerprint density at radius 2 is 2.00 bits per heavy atom. The zero-order valence-corrected chi connectivity index (χ0v) is 7.47. The van der Waals surface area contributed by atoms with Crippen LogP contribution in [0.1, 0.15) is 46.0 Å². The van der Waals surface area contributed by atoms with Crippen molar-refractivity contribution in [3.63, 3.8) is 0 Å². The average molecular weight is 276 g/mol. The number of carboxylic acids is 1. The number of hydrogen-bond donors (Lipinski definition) is 1. The minimum atomic E-state index is -0.659. The van der Waals surface area contributed by atoms with Crippen LogP contribution in [-0.4, -0.2) is 36.9 Å². The number of unbranched alkanes of at least 4 members (excludes halogenated alkanes) is 1. The van der Waals surface area contributed by atoms with E-state index in [1.54, 1.807) is 0 Å². The molecule has 1 N–H and O–H groups in total. The van der Waals surface area contributed by atoms with Crippen LogP contribution < -0.4 is 0 Å². The molecule has 0 saturated heterocycles. The molecule has 0 aromatic carbocycles. The van der Waals surface area contributed by atoms with Crippen molar-refractivity contribution in [3.8, 4) is 0 Å². The molecule has 72 valence electrons. The van der Waals surface area contributed by atoms with Gasteiger partial charge in [0.25, 0.3) is 0 Å². The first-order chi connectivity index (χ1) is 5.20. The first kappa shape index (κ1) is 14.8. The van der Waals surface area contributed by atoms with Crippen LogP contribution in [0.3, 0.4) is 0 Å². The summed E-state index contributed by atoms with van der Waals surface area (Å²) in [6.07, 6.45) is 4.73. The van der Waals surface area contributed by atoms with E-state index in [-0.39, 0.29) is 25.8 Å². The standard InChI is InChI=1S/C9H18O2.In.3H/c1-3-5-6-8(4-2)7-9(10)11;;;;/h8H,3-7H2,1-2H3,(H,10,11);;;;. The molecular weight excluding hydrogens is 255 g/mol. The van der Waals surface area contributed by atoms with Gasteiger partial charge in [-0.1, -0.05) is 33.1 Å². The van der Waals surface area contributed by atoms with E-state index in [4.69, 9.17) is 5.11 Å². The van der Waals surface area contributed by atoms with Gasteiger partial charge in [0.1, 0.15) is 0 Å². The fourth-order valence-electron chi connectivity index (χ4n) is 1.19. The summed E-state index contributed by atoms with van der Waals surface area (Å²) in [5.74, 6) is -0.264. The van der Waals surface area contributed by atoms with Crippen molar-refractivity contribution in [2.24, 2.45) is 5.92 Å². The molecule has 0 amide bonds. The number of aliphatic carboxylic acids is 1. The molecule has 0 aromatic heterocycles. The van der Waals surface area contributed by atoms with Gasteiger partial charge in [0.05, 0.1) is 0 Å². The Balaban J connectivity index is 0. The maximum atomic E-state index is 10.3. The van der Waals surface area contributed by atoms with Crippen LogP contribution in [-0.2, 0) is 4.79 Å². The molecule has 0 bridgehead atoms. The van der Waals surface area contributed by atoms with Crippen molar-refractivity contribution in [2.45, 2.75) is 46.0 Å². The van der Waals surface area contributed by atoms with Crippen LogP contribution >= 0.6 is 0 Å². The Labute approximate surface area is 93.5 Å². The van der Waals surface area contributed by atoms with Gasteiger partial charge in [0.15, 0.2) is 0 Å². The van der Waals surface area contributed by atoms with Crippen LogP contribution in [0.5, 0.6) is 0 Å². The monoisotopic (exact) mass is 276 g/mol. The van der Waals surface area contributed by atoms with E-state index < -0.39 is 5.97 Å². The van der Waals surface area contributed by atoms with Crippen molar-refractivity contribution in [2.75, 3.05) is 0 Å². The summed E-state index contributed by atoms with van der Waals surface area (Å²) in [6, 6.07) is 0. The van der Waals surface area contributed by atoms with Crippen LogP contribution in [0.2, 0.25) is 0 Å². The number of rotatable bonds is 6. The number of carboxylic acid groups (broad SMARTS) is 1. The predicted molar refractivity (Wildman–Crippen MR) is 55.5 cm³/mol. The quantitative estimate of drug-likeness (QED) is 0.798. The van der Waals surface area contributed by atoms with Crippen molar-refractivity contribution < 1.29 is 9.90 Å². The maximum absolute atomic E-state index is 10.3. The normalized spacial score (nSPS) is 11.8. The molecule has 3 heteroatoms. The molecule has 0 aliphatic rings. The molecule has 0 fully saturated rings. The molecule has 0 rings (SSSR count). The molecular formula is C9H21InO2. The Kier molecular flexibility index (Phi) is 11.7. The Hall–Kier alpha value is 0.340. The Bertz CT molecular complexity index is 115. The van der Waals surface area contributed by atoms with Crippen molar-refractivity contribution in [3.05, 3.63) is 0 Å². The predicted octanol–water partition coefficient (Wildman–Crippen LogP) is 1.49. The van der Waals surface area contributed by atoms with Gasteiger partial charge in [-0.2, -0.15) is 0 Å². The molecule has 1 atom stereocenters. The summed E-state index contributed by atoms with van der Waals surface area (Å²) in [5.41, 5.74) is 0. The van der Waals surface area contributed by atoms with Gasteiger partial charge in [-0.3, -0.25) is 4.79 Å². The van der Waals surface area contributed by atoms with E-state index in [1.807, 2.05) is 0 Å². The second kappa shape index (κ2) is 9.43. The minimum absolute atomic E-state index is 0. The zero-order valence-electron chi connectivity index (χ0n) is 7.47. The third-order valence-electron chi connectivity index (χ3n) is 2.01. The second-order valence-corrected chi connectivity index (χ2v) is 3.01. The fraction of sp³-hybridized carbons (Fsp3) is 0.889. The van der Waals surface area contributed by atoms with Crippen LogP contribution in [0, 0.1) is 5.92 Å². The van der Waals surface area contributed by atoms with Gasteiger partial charge in [-0.25, -0.2) is 0 Å². The molecule has 0 aliphatic heterocycles. The van der Waals surface area contributed by atoms with Crippen LogP contribution in [0.4, 0.5) is 0 Å². The Morgan fingerprint density at radius 1 is 1.42 bits per heavy atom. The average Bonchev–Trinajstić information content (AvgIpc) is 1.97. The summed E-state index contributed by atoms with van der Waals surface area (Å²) in [5, 5.41) is 8.51. The first-order valence-corrected chi connectivity index (χ1v) is 4.42. The molecule has 0 spiro atoms. The molecule has 0 aromatic rings. The topological polar surface area (TPSA) is 37.3 Å². The van der Waals surface area contributed by atoms with E-state index in [0.29, 0.717) is 12.3 Å². The molecule has 0 saturated carbocycles. The van der Waals surface area contributed by atoms with E-state index >= 15 is 0 Å². The molecule has 0 heterocycles. The molecule has 12 heavy (non-hydrogen) atoms. The SMILES string of the molecule is CCCCC(CC)CC(=O)O.[InH3]. The zero-order chi connectivity index (χ0) is 8.69. The summed E-state index contributed by atoms with van der Waals surface area (Å²) in [4.78, 5) is 10.3. The van der Waals surface area contributed by atoms with Crippen LogP contribution in [0.15, 0.2) is 0 Å². The molecule has 1 unspecified atom stereocenters. The molecule has 0 aliphatic carbocycles. The van der Waals surface area contributed by atoms with E-state index in [1.165, 1.54) is 0 Å². The van der Waals surface area contributed by atoms with Crippen molar-refractivity contribution >= 4 is 31.8 Å². The second-order valence-electron chi connectivity index (χ2n) is 3.01.